The van der Waals surface area contributed by atoms with Crippen molar-refractivity contribution < 1.29 is 14.6 Å². The predicted octanol–water partition coefficient (Wildman–Crippen LogP) is 4.59. The summed E-state index contributed by atoms with van der Waals surface area (Å²) in [7, 11) is 0. The number of halogens is 1. The number of nitrogens with one attached hydrogen (secondary N) is 1. The second-order valence-corrected chi connectivity index (χ2v) is 7.82. The molecule has 0 radical (unpaired) electrons. The summed E-state index contributed by atoms with van der Waals surface area (Å²) in [4.78, 5) is 24.2. The maximum Gasteiger partial charge on any atom is 0.265 e. The second-order valence-electron chi connectivity index (χ2n) is 6.91. The van der Waals surface area contributed by atoms with Gasteiger partial charge in [0.2, 0.25) is 5.60 Å². The monoisotopic (exact) mass is 389 g/mol. The molecule has 2 aromatic carbocycles. The van der Waals surface area contributed by atoms with E-state index in [9.17, 15) is 4.79 Å². The average molecular weight is 390 g/mol. The smallest absolute Gasteiger partial charge is 0.265 e. The molecular formula is C19H20BrNO3. The highest BCUT2D eigenvalue weighted by atomic mass is 79.9. The average Bonchev–Trinajstić information content (AvgIpc) is 2.80. The van der Waals surface area contributed by atoms with Crippen molar-refractivity contribution in [3.63, 3.8) is 0 Å². The van der Waals surface area contributed by atoms with Crippen LogP contribution in [0.25, 0.3) is 0 Å². The van der Waals surface area contributed by atoms with Crippen molar-refractivity contribution in [1.29, 1.82) is 0 Å². The van der Waals surface area contributed by atoms with Crippen LogP contribution in [0, 0.1) is 0 Å². The summed E-state index contributed by atoms with van der Waals surface area (Å²) in [5.41, 5.74) is 0.823. The third-order valence-corrected chi connectivity index (χ3v) is 4.31. The van der Waals surface area contributed by atoms with E-state index in [1.807, 2.05) is 69.3 Å². The first kappa shape index (κ1) is 17.1. The molecule has 4 nitrogen and oxygen atoms in total. The van der Waals surface area contributed by atoms with Crippen LogP contribution in [0.3, 0.4) is 0 Å². The molecular weight excluding hydrogens is 370 g/mol. The van der Waals surface area contributed by atoms with E-state index >= 15 is 0 Å². The number of anilines is 1. The van der Waals surface area contributed by atoms with Crippen molar-refractivity contribution in [2.75, 3.05) is 5.32 Å². The Bertz CT molecular complexity index is 752. The molecule has 1 N–H and O–H groups in total. The van der Waals surface area contributed by atoms with Gasteiger partial charge < -0.3 is 5.32 Å². The van der Waals surface area contributed by atoms with Crippen LogP contribution in [0.2, 0.25) is 0 Å². The van der Waals surface area contributed by atoms with Crippen molar-refractivity contribution in [2.45, 2.75) is 38.4 Å². The number of carbonyl (C=O) groups is 1. The summed E-state index contributed by atoms with van der Waals surface area (Å²) in [6, 6.07) is 15.4. The molecule has 2 aromatic rings. The molecule has 24 heavy (non-hydrogen) atoms. The topological polar surface area (TPSA) is 47.6 Å². The van der Waals surface area contributed by atoms with Crippen LogP contribution >= 0.6 is 15.9 Å². The molecule has 0 saturated carbocycles. The molecule has 1 aliphatic rings. The fourth-order valence-electron chi connectivity index (χ4n) is 2.66. The fourth-order valence-corrected chi connectivity index (χ4v) is 2.93. The van der Waals surface area contributed by atoms with Crippen molar-refractivity contribution in [2.24, 2.45) is 0 Å². The van der Waals surface area contributed by atoms with Gasteiger partial charge in [-0.3, -0.25) is 4.79 Å². The lowest BCUT2D eigenvalue weighted by Crippen LogP contribution is -2.41. The molecule has 3 rings (SSSR count). The number of rotatable bonds is 4. The summed E-state index contributed by atoms with van der Waals surface area (Å²) in [5.74, 6) is -0.212. The van der Waals surface area contributed by atoms with E-state index in [-0.39, 0.29) is 5.91 Å². The predicted molar refractivity (Wildman–Crippen MR) is 96.5 cm³/mol. The highest BCUT2D eigenvalue weighted by Gasteiger charge is 2.50. The van der Waals surface area contributed by atoms with Crippen molar-refractivity contribution in [3.8, 4) is 0 Å². The minimum absolute atomic E-state index is 0.212. The molecule has 1 unspecified atom stereocenters. The zero-order valence-corrected chi connectivity index (χ0v) is 15.5. The Kier molecular flexibility index (Phi) is 4.51. The minimum Gasteiger partial charge on any atom is -0.323 e. The summed E-state index contributed by atoms with van der Waals surface area (Å²) < 4.78 is 0.989. The number of para-hydroxylation sites is 1. The third-order valence-electron chi connectivity index (χ3n) is 3.78. The molecule has 0 aromatic heterocycles. The van der Waals surface area contributed by atoms with E-state index in [0.29, 0.717) is 6.42 Å². The summed E-state index contributed by atoms with van der Waals surface area (Å²) in [5, 5.41) is 2.90. The van der Waals surface area contributed by atoms with Gasteiger partial charge in [0.1, 0.15) is 0 Å². The number of fused-ring (bicyclic) bond motifs is 1. The molecule has 1 heterocycles. The summed E-state index contributed by atoms with van der Waals surface area (Å²) in [6.45, 7) is 5.66. The molecule has 0 saturated heterocycles. The summed E-state index contributed by atoms with van der Waals surface area (Å²) >= 11 is 3.43. The molecule has 1 atom stereocenters. The quantitative estimate of drug-likeness (QED) is 0.614. The Hall–Kier alpha value is -1.69. The van der Waals surface area contributed by atoms with E-state index in [4.69, 9.17) is 9.78 Å². The van der Waals surface area contributed by atoms with E-state index in [0.717, 1.165) is 21.3 Å². The third kappa shape index (κ3) is 3.38. The van der Waals surface area contributed by atoms with Crippen LogP contribution in [0.15, 0.2) is 53.0 Å². The van der Waals surface area contributed by atoms with Gasteiger partial charge in [-0.1, -0.05) is 46.3 Å². The molecule has 1 aliphatic heterocycles. The zero-order valence-electron chi connectivity index (χ0n) is 13.9. The number of benzene rings is 2. The van der Waals surface area contributed by atoms with Crippen LogP contribution < -0.4 is 5.32 Å². The minimum atomic E-state index is -1.20. The Labute approximate surface area is 150 Å². The van der Waals surface area contributed by atoms with Crippen molar-refractivity contribution >= 4 is 27.5 Å². The lowest BCUT2D eigenvalue weighted by molar-refractivity contribution is -0.396. The first-order valence-electron chi connectivity index (χ1n) is 7.82. The second kappa shape index (κ2) is 6.31. The van der Waals surface area contributed by atoms with Crippen molar-refractivity contribution in [3.05, 3.63) is 64.1 Å². The Morgan fingerprint density at radius 3 is 2.42 bits per heavy atom. The molecule has 0 bridgehead atoms. The summed E-state index contributed by atoms with van der Waals surface area (Å²) in [6.07, 6.45) is 0.388. The molecule has 0 spiro atoms. The van der Waals surface area contributed by atoms with Crippen LogP contribution in [-0.2, 0) is 26.6 Å². The van der Waals surface area contributed by atoms with E-state index < -0.39 is 11.2 Å². The number of hydrogen-bond donors (Lipinski definition) is 1. The number of hydrogen-bond acceptors (Lipinski definition) is 3. The molecule has 5 heteroatoms. The van der Waals surface area contributed by atoms with Gasteiger partial charge in [-0.15, -0.1) is 0 Å². The highest BCUT2D eigenvalue weighted by molar-refractivity contribution is 9.10. The first-order chi connectivity index (χ1) is 11.3. The maximum atomic E-state index is 12.8. The standard InChI is InChI=1S/C19H20BrNO3/c1-18(2,3)23-24-19(12-13-8-10-14(20)11-9-13)15-6-4-5-7-16(15)21-17(19)22/h4-11H,12H2,1-3H3,(H,21,22). The SMILES string of the molecule is CC(C)(C)OOC1(Cc2ccc(Br)cc2)C(=O)Nc2ccccc21. The van der Waals surface area contributed by atoms with Crippen LogP contribution in [-0.4, -0.2) is 11.5 Å². The van der Waals surface area contributed by atoms with E-state index in [2.05, 4.69) is 21.2 Å². The van der Waals surface area contributed by atoms with Gasteiger partial charge in [-0.05, 0) is 44.5 Å². The Morgan fingerprint density at radius 2 is 1.75 bits per heavy atom. The normalized spacial score (nSPS) is 19.9. The van der Waals surface area contributed by atoms with Gasteiger partial charge in [0.15, 0.2) is 0 Å². The highest BCUT2D eigenvalue weighted by Crippen LogP contribution is 2.42. The van der Waals surface area contributed by atoms with E-state index in [1.54, 1.807) is 0 Å². The van der Waals surface area contributed by atoms with Gasteiger partial charge in [0.25, 0.3) is 5.91 Å². The van der Waals surface area contributed by atoms with Gasteiger partial charge in [0.05, 0.1) is 5.60 Å². The molecule has 1 amide bonds. The fraction of sp³-hybridized carbons (Fsp3) is 0.316. The maximum absolute atomic E-state index is 12.8. The molecule has 0 fully saturated rings. The van der Waals surface area contributed by atoms with Gasteiger partial charge in [-0.25, -0.2) is 9.78 Å². The molecule has 126 valence electrons. The van der Waals surface area contributed by atoms with Gasteiger partial charge >= 0.3 is 0 Å². The Morgan fingerprint density at radius 1 is 1.08 bits per heavy atom. The van der Waals surface area contributed by atoms with Gasteiger partial charge in [-0.2, -0.15) is 0 Å². The lowest BCUT2D eigenvalue weighted by Gasteiger charge is -2.30. The number of carbonyl (C=O) groups excluding carboxylic acids is 1. The largest absolute Gasteiger partial charge is 0.323 e. The molecule has 0 aliphatic carbocycles. The van der Waals surface area contributed by atoms with Crippen LogP contribution in [0.4, 0.5) is 5.69 Å². The zero-order chi connectivity index (χ0) is 17.4. The van der Waals surface area contributed by atoms with Gasteiger partial charge in [0, 0.05) is 22.1 Å². The first-order valence-corrected chi connectivity index (χ1v) is 8.62. The number of amides is 1. The van der Waals surface area contributed by atoms with E-state index in [1.165, 1.54) is 0 Å². The lowest BCUT2D eigenvalue weighted by atomic mass is 9.88. The van der Waals surface area contributed by atoms with Crippen LogP contribution in [0.5, 0.6) is 0 Å². The van der Waals surface area contributed by atoms with Crippen molar-refractivity contribution in [1.82, 2.24) is 0 Å². The van der Waals surface area contributed by atoms with Crippen LogP contribution in [0.1, 0.15) is 31.9 Å². The Balaban J connectivity index is 2.01.